The summed E-state index contributed by atoms with van der Waals surface area (Å²) in [4.78, 5) is 12.0. The Morgan fingerprint density at radius 1 is 1.18 bits per heavy atom. The third-order valence-corrected chi connectivity index (χ3v) is 3.81. The first kappa shape index (κ1) is 14.6. The second-order valence-electron chi connectivity index (χ2n) is 4.62. The Morgan fingerprint density at radius 3 is 2.73 bits per heavy atom. The molecule has 3 rings (SSSR count). The van der Waals surface area contributed by atoms with Crippen LogP contribution >= 0.6 is 15.9 Å². The maximum Gasteiger partial charge on any atom is 0.284 e. The van der Waals surface area contributed by atoms with Gasteiger partial charge in [-0.25, -0.2) is 5.43 Å². The highest BCUT2D eigenvalue weighted by Crippen LogP contribution is 2.30. The molecule has 1 heterocycles. The zero-order valence-corrected chi connectivity index (χ0v) is 13.1. The smallest absolute Gasteiger partial charge is 0.284 e. The first-order chi connectivity index (χ1) is 10.7. The minimum absolute atomic E-state index is 0.160. The number of fused-ring (bicyclic) bond motifs is 1. The second-order valence-corrected chi connectivity index (χ2v) is 5.47. The first-order valence-electron chi connectivity index (χ1n) is 6.70. The van der Waals surface area contributed by atoms with Gasteiger partial charge in [0.2, 0.25) is 6.10 Å². The van der Waals surface area contributed by atoms with Crippen molar-refractivity contribution in [3.8, 4) is 11.5 Å². The van der Waals surface area contributed by atoms with Crippen molar-refractivity contribution >= 4 is 28.1 Å². The summed E-state index contributed by atoms with van der Waals surface area (Å²) in [5, 5.41) is 3.94. The Labute approximate surface area is 136 Å². The average molecular weight is 361 g/mol. The molecule has 0 bridgehead atoms. The van der Waals surface area contributed by atoms with Crippen LogP contribution in [0.25, 0.3) is 0 Å². The van der Waals surface area contributed by atoms with Crippen molar-refractivity contribution in [3.05, 3.63) is 58.6 Å². The number of carbonyl (C=O) groups is 1. The molecule has 0 spiro atoms. The van der Waals surface area contributed by atoms with E-state index in [9.17, 15) is 4.79 Å². The van der Waals surface area contributed by atoms with E-state index in [1.54, 1.807) is 18.3 Å². The van der Waals surface area contributed by atoms with Crippen LogP contribution in [0.5, 0.6) is 11.5 Å². The molecule has 1 aliphatic rings. The molecular formula is C16H13BrN2O3. The van der Waals surface area contributed by atoms with Crippen LogP contribution in [0.4, 0.5) is 0 Å². The van der Waals surface area contributed by atoms with E-state index < -0.39 is 6.10 Å². The minimum Gasteiger partial charge on any atom is -0.485 e. The molecule has 2 aromatic rings. The van der Waals surface area contributed by atoms with E-state index >= 15 is 0 Å². The number of benzene rings is 2. The lowest BCUT2D eigenvalue weighted by Crippen LogP contribution is -2.42. The van der Waals surface area contributed by atoms with E-state index in [1.165, 1.54) is 0 Å². The molecule has 22 heavy (non-hydrogen) atoms. The van der Waals surface area contributed by atoms with E-state index in [1.807, 2.05) is 36.4 Å². The van der Waals surface area contributed by atoms with Crippen LogP contribution in [0.15, 0.2) is 58.1 Å². The maximum absolute atomic E-state index is 12.0. The Hall–Kier alpha value is -2.34. The van der Waals surface area contributed by atoms with Gasteiger partial charge in [0.15, 0.2) is 11.5 Å². The predicted molar refractivity (Wildman–Crippen MR) is 86.2 cm³/mol. The summed E-state index contributed by atoms with van der Waals surface area (Å²) >= 11 is 3.41. The lowest BCUT2D eigenvalue weighted by Gasteiger charge is -2.24. The molecule has 1 unspecified atom stereocenters. The van der Waals surface area contributed by atoms with Gasteiger partial charge in [0, 0.05) is 10.0 Å². The van der Waals surface area contributed by atoms with Crippen LogP contribution in [-0.2, 0) is 4.79 Å². The predicted octanol–water partition coefficient (Wildman–Crippen LogP) is 2.74. The summed E-state index contributed by atoms with van der Waals surface area (Å²) < 4.78 is 12.0. The summed E-state index contributed by atoms with van der Waals surface area (Å²) in [6.45, 7) is 0.160. The molecule has 6 heteroatoms. The molecule has 0 aromatic heterocycles. The van der Waals surface area contributed by atoms with Crippen molar-refractivity contribution in [2.24, 2.45) is 5.10 Å². The quantitative estimate of drug-likeness (QED) is 0.676. The molecule has 0 aliphatic carbocycles. The Morgan fingerprint density at radius 2 is 1.91 bits per heavy atom. The van der Waals surface area contributed by atoms with Crippen molar-refractivity contribution in [2.45, 2.75) is 6.10 Å². The van der Waals surface area contributed by atoms with Gasteiger partial charge >= 0.3 is 0 Å². The van der Waals surface area contributed by atoms with Crippen molar-refractivity contribution < 1.29 is 14.3 Å². The van der Waals surface area contributed by atoms with Gasteiger partial charge < -0.3 is 9.47 Å². The first-order valence-corrected chi connectivity index (χ1v) is 7.49. The van der Waals surface area contributed by atoms with Crippen molar-refractivity contribution in [1.29, 1.82) is 0 Å². The number of halogens is 1. The van der Waals surface area contributed by atoms with Gasteiger partial charge in [-0.15, -0.1) is 0 Å². The summed E-state index contributed by atoms with van der Waals surface area (Å²) in [5.41, 5.74) is 3.33. The van der Waals surface area contributed by atoms with E-state index in [-0.39, 0.29) is 12.5 Å². The van der Waals surface area contributed by atoms with Crippen molar-refractivity contribution in [1.82, 2.24) is 5.43 Å². The van der Waals surface area contributed by atoms with Gasteiger partial charge in [-0.2, -0.15) is 5.10 Å². The number of hydrogen-bond donors (Lipinski definition) is 1. The van der Waals surface area contributed by atoms with Gasteiger partial charge in [0.25, 0.3) is 5.91 Å². The van der Waals surface area contributed by atoms with Gasteiger partial charge in [-0.3, -0.25) is 4.79 Å². The third-order valence-electron chi connectivity index (χ3n) is 3.08. The number of nitrogens with one attached hydrogen (secondary N) is 1. The van der Waals surface area contributed by atoms with Crippen LogP contribution in [0.2, 0.25) is 0 Å². The molecular weight excluding hydrogens is 348 g/mol. The van der Waals surface area contributed by atoms with E-state index in [0.717, 1.165) is 10.0 Å². The van der Waals surface area contributed by atoms with Crippen LogP contribution in [0.3, 0.4) is 0 Å². The molecule has 0 saturated heterocycles. The van der Waals surface area contributed by atoms with E-state index in [2.05, 4.69) is 26.5 Å². The number of rotatable bonds is 3. The lowest BCUT2D eigenvalue weighted by atomic mass is 10.2. The topological polar surface area (TPSA) is 59.9 Å². The molecule has 0 saturated carbocycles. The lowest BCUT2D eigenvalue weighted by molar-refractivity contribution is -0.130. The molecule has 1 aliphatic heterocycles. The van der Waals surface area contributed by atoms with Crippen LogP contribution < -0.4 is 14.9 Å². The second kappa shape index (κ2) is 6.62. The normalized spacial score (nSPS) is 16.5. The zero-order valence-electron chi connectivity index (χ0n) is 11.5. The Bertz CT molecular complexity index is 718. The molecule has 1 N–H and O–H groups in total. The van der Waals surface area contributed by atoms with Crippen LogP contribution in [0, 0.1) is 0 Å². The van der Waals surface area contributed by atoms with Gasteiger partial charge in [0.1, 0.15) is 6.61 Å². The molecule has 2 aromatic carbocycles. The molecule has 5 nitrogen and oxygen atoms in total. The van der Waals surface area contributed by atoms with E-state index in [0.29, 0.717) is 11.5 Å². The molecule has 1 amide bonds. The van der Waals surface area contributed by atoms with Gasteiger partial charge in [0.05, 0.1) is 6.21 Å². The fourth-order valence-corrected chi connectivity index (χ4v) is 2.35. The standard InChI is InChI=1S/C16H13BrN2O3/c17-12-6-2-1-5-11(12)9-18-19-16(20)15-10-21-13-7-3-4-8-14(13)22-15/h1-9,15H,10H2,(H,19,20)/b18-9+. The minimum atomic E-state index is -0.716. The molecule has 0 radical (unpaired) electrons. The van der Waals surface area contributed by atoms with Gasteiger partial charge in [-0.05, 0) is 18.2 Å². The van der Waals surface area contributed by atoms with Crippen LogP contribution in [0.1, 0.15) is 5.56 Å². The SMILES string of the molecule is O=C(N/N=C/c1ccccc1Br)C1COc2ccccc2O1. The number of hydrazone groups is 1. The average Bonchev–Trinajstić information content (AvgIpc) is 2.56. The number of ether oxygens (including phenoxy) is 2. The highest BCUT2D eigenvalue weighted by atomic mass is 79.9. The summed E-state index contributed by atoms with van der Waals surface area (Å²) in [5.74, 6) is 0.852. The number of para-hydroxylation sites is 2. The van der Waals surface area contributed by atoms with E-state index in [4.69, 9.17) is 9.47 Å². The molecule has 1 atom stereocenters. The maximum atomic E-state index is 12.0. The molecule has 0 fully saturated rings. The van der Waals surface area contributed by atoms with Crippen molar-refractivity contribution in [2.75, 3.05) is 6.61 Å². The molecule has 112 valence electrons. The largest absolute Gasteiger partial charge is 0.485 e. The fraction of sp³-hybridized carbons (Fsp3) is 0.125. The highest BCUT2D eigenvalue weighted by Gasteiger charge is 2.26. The zero-order chi connectivity index (χ0) is 15.4. The Kier molecular flexibility index (Phi) is 4.39. The number of amides is 1. The summed E-state index contributed by atoms with van der Waals surface area (Å²) in [6.07, 6.45) is 0.853. The number of hydrogen-bond acceptors (Lipinski definition) is 4. The Balaban J connectivity index is 1.60. The highest BCUT2D eigenvalue weighted by molar-refractivity contribution is 9.10. The fourth-order valence-electron chi connectivity index (χ4n) is 1.97. The third kappa shape index (κ3) is 3.28. The number of carbonyl (C=O) groups excluding carboxylic acids is 1. The number of nitrogens with zero attached hydrogens (tertiary/aromatic N) is 1. The van der Waals surface area contributed by atoms with Crippen LogP contribution in [-0.4, -0.2) is 24.8 Å². The van der Waals surface area contributed by atoms with Gasteiger partial charge in [-0.1, -0.05) is 46.3 Å². The van der Waals surface area contributed by atoms with Crippen molar-refractivity contribution in [3.63, 3.8) is 0 Å². The monoisotopic (exact) mass is 360 g/mol. The summed E-state index contributed by atoms with van der Waals surface area (Å²) in [7, 11) is 0. The summed E-state index contributed by atoms with van der Waals surface area (Å²) in [6, 6.07) is 14.8.